The summed E-state index contributed by atoms with van der Waals surface area (Å²) in [6, 6.07) is 16.3. The molecule has 3 aromatic rings. The summed E-state index contributed by atoms with van der Waals surface area (Å²) in [5.74, 6) is 0.0854. The van der Waals surface area contributed by atoms with Gasteiger partial charge in [-0.2, -0.15) is 0 Å². The summed E-state index contributed by atoms with van der Waals surface area (Å²) in [4.78, 5) is 0. The predicted molar refractivity (Wildman–Crippen MR) is 89.5 cm³/mol. The van der Waals surface area contributed by atoms with Crippen molar-refractivity contribution in [3.63, 3.8) is 0 Å². The first-order valence-electron chi connectivity index (χ1n) is 7.55. The molecule has 1 N–H and O–H groups in total. The summed E-state index contributed by atoms with van der Waals surface area (Å²) in [6.07, 6.45) is 0.796. The molecule has 3 heteroatoms. The Labute approximate surface area is 130 Å². The van der Waals surface area contributed by atoms with Gasteiger partial charge in [0.05, 0.1) is 16.9 Å². The van der Waals surface area contributed by atoms with Crippen LogP contribution in [0.25, 0.3) is 16.8 Å². The first-order valence-corrected chi connectivity index (χ1v) is 7.55. The summed E-state index contributed by atoms with van der Waals surface area (Å²) in [6.45, 7) is 6.19. The number of hydrogen-bond donors (Lipinski definition) is 1. The van der Waals surface area contributed by atoms with E-state index in [9.17, 15) is 5.11 Å². The van der Waals surface area contributed by atoms with Gasteiger partial charge in [-0.25, -0.2) is 4.68 Å². The molecule has 3 nitrogen and oxygen atoms in total. The van der Waals surface area contributed by atoms with Gasteiger partial charge in [-0.3, -0.25) is 0 Å². The third kappa shape index (κ3) is 2.50. The van der Waals surface area contributed by atoms with Crippen molar-refractivity contribution >= 4 is 0 Å². The Morgan fingerprint density at radius 1 is 1.00 bits per heavy atom. The molecule has 2 aromatic carbocycles. The summed E-state index contributed by atoms with van der Waals surface area (Å²) in [5.41, 5.74) is 6.19. The Bertz CT molecular complexity index is 801. The van der Waals surface area contributed by atoms with Crippen molar-refractivity contribution in [3.8, 4) is 22.7 Å². The minimum Gasteiger partial charge on any atom is -0.492 e. The second-order valence-electron chi connectivity index (χ2n) is 5.62. The van der Waals surface area contributed by atoms with Crippen LogP contribution in [-0.2, 0) is 6.42 Å². The van der Waals surface area contributed by atoms with Gasteiger partial charge in [-0.15, -0.1) is 5.10 Å². The van der Waals surface area contributed by atoms with E-state index in [0.29, 0.717) is 0 Å². The van der Waals surface area contributed by atoms with E-state index >= 15 is 0 Å². The van der Waals surface area contributed by atoms with Crippen LogP contribution in [0.2, 0.25) is 0 Å². The van der Waals surface area contributed by atoms with Gasteiger partial charge in [0.25, 0.3) is 0 Å². The minimum absolute atomic E-state index is 0.0854. The van der Waals surface area contributed by atoms with Crippen molar-refractivity contribution in [3.05, 3.63) is 65.4 Å². The van der Waals surface area contributed by atoms with E-state index in [2.05, 4.69) is 50.1 Å². The van der Waals surface area contributed by atoms with Crippen LogP contribution in [-0.4, -0.2) is 14.9 Å². The molecule has 0 saturated heterocycles. The maximum atomic E-state index is 10.4. The quantitative estimate of drug-likeness (QED) is 0.775. The van der Waals surface area contributed by atoms with E-state index in [4.69, 9.17) is 0 Å². The Morgan fingerprint density at radius 2 is 1.73 bits per heavy atom. The van der Waals surface area contributed by atoms with Crippen molar-refractivity contribution in [1.29, 1.82) is 0 Å². The fourth-order valence-corrected chi connectivity index (χ4v) is 2.76. The second-order valence-corrected chi connectivity index (χ2v) is 5.62. The van der Waals surface area contributed by atoms with Crippen LogP contribution in [0.15, 0.2) is 48.5 Å². The van der Waals surface area contributed by atoms with Crippen molar-refractivity contribution < 1.29 is 5.11 Å². The molecule has 0 amide bonds. The van der Waals surface area contributed by atoms with Crippen LogP contribution in [0.1, 0.15) is 23.7 Å². The summed E-state index contributed by atoms with van der Waals surface area (Å²) < 4.78 is 1.84. The zero-order valence-corrected chi connectivity index (χ0v) is 13.2. The Hall–Kier alpha value is -2.55. The number of hydrogen-bond acceptors (Lipinski definition) is 2. The highest BCUT2D eigenvalue weighted by molar-refractivity contribution is 5.72. The highest BCUT2D eigenvalue weighted by Gasteiger charge is 2.18. The highest BCUT2D eigenvalue weighted by atomic mass is 16.3. The molecule has 0 aliphatic carbocycles. The number of aromatic hydroxyl groups is 1. The second kappa shape index (κ2) is 5.68. The molecule has 0 atom stereocenters. The molecule has 0 spiro atoms. The van der Waals surface area contributed by atoms with E-state index in [1.807, 2.05) is 28.9 Å². The highest BCUT2D eigenvalue weighted by Crippen LogP contribution is 2.34. The van der Waals surface area contributed by atoms with Crippen molar-refractivity contribution in [1.82, 2.24) is 9.78 Å². The lowest BCUT2D eigenvalue weighted by molar-refractivity contribution is 0.449. The van der Waals surface area contributed by atoms with Gasteiger partial charge in [0.15, 0.2) is 0 Å². The fourth-order valence-electron chi connectivity index (χ4n) is 2.76. The zero-order valence-electron chi connectivity index (χ0n) is 13.2. The van der Waals surface area contributed by atoms with Crippen molar-refractivity contribution in [2.45, 2.75) is 27.2 Å². The number of aryl methyl sites for hydroxylation is 2. The number of aromatic nitrogens is 2. The number of rotatable bonds is 3. The first kappa shape index (κ1) is 14.4. The summed E-state index contributed by atoms with van der Waals surface area (Å²) in [7, 11) is 0. The topological polar surface area (TPSA) is 38.1 Å². The van der Waals surface area contributed by atoms with Crippen LogP contribution in [0.5, 0.6) is 5.88 Å². The Kier molecular flexibility index (Phi) is 3.72. The van der Waals surface area contributed by atoms with Gasteiger partial charge in [0.2, 0.25) is 5.88 Å². The maximum Gasteiger partial charge on any atom is 0.239 e. The first-order chi connectivity index (χ1) is 10.6. The van der Waals surface area contributed by atoms with Gasteiger partial charge in [-0.05, 0) is 43.5 Å². The lowest BCUT2D eigenvalue weighted by atomic mass is 10.0. The molecule has 112 valence electrons. The third-order valence-corrected chi connectivity index (χ3v) is 3.88. The summed E-state index contributed by atoms with van der Waals surface area (Å²) >= 11 is 0. The minimum atomic E-state index is 0.0854. The lowest BCUT2D eigenvalue weighted by Crippen LogP contribution is -2.02. The largest absolute Gasteiger partial charge is 0.492 e. The van der Waals surface area contributed by atoms with E-state index in [-0.39, 0.29) is 5.88 Å². The standard InChI is InChI=1S/C19H20N2O/c1-4-17-18(15-10-8-13(2)9-11-15)19(22)20-21(17)16-7-5-6-14(3)12-16/h5-12H,4H2,1-3H3,(H,20,22). The molecular formula is C19H20N2O. The fraction of sp³-hybridized carbons (Fsp3) is 0.211. The summed E-state index contributed by atoms with van der Waals surface area (Å²) in [5, 5.41) is 14.7. The van der Waals surface area contributed by atoms with E-state index < -0.39 is 0 Å². The molecule has 22 heavy (non-hydrogen) atoms. The lowest BCUT2D eigenvalue weighted by Gasteiger charge is -2.08. The van der Waals surface area contributed by atoms with Gasteiger partial charge in [0.1, 0.15) is 0 Å². The van der Waals surface area contributed by atoms with Crippen molar-refractivity contribution in [2.75, 3.05) is 0 Å². The Morgan fingerprint density at radius 3 is 2.36 bits per heavy atom. The average Bonchev–Trinajstić information content (AvgIpc) is 2.85. The third-order valence-electron chi connectivity index (χ3n) is 3.88. The smallest absolute Gasteiger partial charge is 0.239 e. The molecule has 3 rings (SSSR count). The molecule has 0 aliphatic rings. The van der Waals surface area contributed by atoms with Crippen LogP contribution >= 0.6 is 0 Å². The molecule has 0 fully saturated rings. The zero-order chi connectivity index (χ0) is 15.7. The van der Waals surface area contributed by atoms with E-state index in [0.717, 1.165) is 28.9 Å². The maximum absolute atomic E-state index is 10.4. The van der Waals surface area contributed by atoms with E-state index in [1.165, 1.54) is 11.1 Å². The Balaban J connectivity index is 2.19. The van der Waals surface area contributed by atoms with Gasteiger partial charge < -0.3 is 5.11 Å². The van der Waals surface area contributed by atoms with Crippen LogP contribution in [0, 0.1) is 13.8 Å². The molecule has 0 unspecified atom stereocenters. The number of nitrogens with zero attached hydrogens (tertiary/aromatic N) is 2. The predicted octanol–water partition coefficient (Wildman–Crippen LogP) is 4.42. The van der Waals surface area contributed by atoms with Gasteiger partial charge >= 0.3 is 0 Å². The molecule has 1 heterocycles. The number of benzene rings is 2. The molecule has 1 aromatic heterocycles. The van der Waals surface area contributed by atoms with Crippen LogP contribution in [0.4, 0.5) is 0 Å². The molecule has 0 bridgehead atoms. The molecule has 0 aliphatic heterocycles. The average molecular weight is 292 g/mol. The molecular weight excluding hydrogens is 272 g/mol. The van der Waals surface area contributed by atoms with Gasteiger partial charge in [-0.1, -0.05) is 48.9 Å². The normalized spacial score (nSPS) is 10.9. The van der Waals surface area contributed by atoms with Crippen molar-refractivity contribution in [2.24, 2.45) is 0 Å². The van der Waals surface area contributed by atoms with Gasteiger partial charge in [0, 0.05) is 0 Å². The monoisotopic (exact) mass is 292 g/mol. The van der Waals surface area contributed by atoms with E-state index in [1.54, 1.807) is 0 Å². The van der Waals surface area contributed by atoms with Crippen LogP contribution < -0.4 is 0 Å². The SMILES string of the molecule is CCc1c(-c2ccc(C)cc2)c(O)nn1-c1cccc(C)c1. The molecule has 0 saturated carbocycles. The molecule has 0 radical (unpaired) electrons. The van der Waals surface area contributed by atoms with Crippen LogP contribution in [0.3, 0.4) is 0 Å².